The Morgan fingerprint density at radius 1 is 0.800 bits per heavy atom. The quantitative estimate of drug-likeness (QED) is 0.325. The predicted octanol–water partition coefficient (Wildman–Crippen LogP) is 9.51. The lowest BCUT2D eigenvalue weighted by Crippen LogP contribution is -2.15. The maximum atomic E-state index is 14.6. The van der Waals surface area contributed by atoms with Gasteiger partial charge in [0.1, 0.15) is 0 Å². The van der Waals surface area contributed by atoms with E-state index in [1.165, 1.54) is 43.2 Å². The Hall–Kier alpha value is -2.16. The summed E-state index contributed by atoms with van der Waals surface area (Å²) in [5, 5.41) is 0. The normalized spacial score (nSPS) is 25.1. The Morgan fingerprint density at radius 2 is 1.49 bits per heavy atom. The van der Waals surface area contributed by atoms with E-state index in [-0.39, 0.29) is 11.7 Å². The van der Waals surface area contributed by atoms with Gasteiger partial charge in [-0.25, -0.2) is 4.39 Å². The monoisotopic (exact) mass is 480 g/mol. The van der Waals surface area contributed by atoms with Crippen molar-refractivity contribution in [3.63, 3.8) is 0 Å². The Kier molecular flexibility index (Phi) is 9.40. The van der Waals surface area contributed by atoms with E-state index in [9.17, 15) is 8.78 Å². The van der Waals surface area contributed by atoms with Crippen molar-refractivity contribution < 1.29 is 13.5 Å². The largest absolute Gasteiger partial charge is 0.491 e. The molecule has 3 heteroatoms. The van der Waals surface area contributed by atoms with Crippen molar-refractivity contribution in [3.05, 3.63) is 76.9 Å². The van der Waals surface area contributed by atoms with E-state index >= 15 is 0 Å². The molecule has 0 aromatic heterocycles. The zero-order valence-corrected chi connectivity index (χ0v) is 21.6. The van der Waals surface area contributed by atoms with E-state index in [1.807, 2.05) is 0 Å². The van der Waals surface area contributed by atoms with Crippen LogP contribution in [0.15, 0.2) is 48.6 Å². The van der Waals surface area contributed by atoms with Crippen LogP contribution < -0.4 is 4.74 Å². The van der Waals surface area contributed by atoms with Crippen LogP contribution in [0.5, 0.6) is 5.75 Å². The molecule has 0 spiro atoms. The second-order valence-corrected chi connectivity index (χ2v) is 10.6. The predicted molar refractivity (Wildman–Crippen MR) is 141 cm³/mol. The van der Waals surface area contributed by atoms with Gasteiger partial charge in [0.05, 0.1) is 6.61 Å². The third-order valence-electron chi connectivity index (χ3n) is 8.44. The summed E-state index contributed by atoms with van der Waals surface area (Å²) in [7, 11) is 0. The van der Waals surface area contributed by atoms with Gasteiger partial charge in [0.2, 0.25) is 5.82 Å². The zero-order valence-electron chi connectivity index (χ0n) is 21.6. The summed E-state index contributed by atoms with van der Waals surface area (Å²) in [6.45, 7) is 4.33. The summed E-state index contributed by atoms with van der Waals surface area (Å²) < 4.78 is 34.0. The Morgan fingerprint density at radius 3 is 2.14 bits per heavy atom. The molecule has 0 amide bonds. The zero-order chi connectivity index (χ0) is 24.6. The molecular weight excluding hydrogens is 438 g/mol. The van der Waals surface area contributed by atoms with Gasteiger partial charge in [-0.05, 0) is 124 Å². The molecule has 2 aromatic rings. The first-order valence-electron chi connectivity index (χ1n) is 13.9. The fraction of sp³-hybridized carbons (Fsp3) is 0.562. The molecule has 0 saturated heterocycles. The lowest BCUT2D eigenvalue weighted by Gasteiger charge is -2.29. The maximum Gasteiger partial charge on any atom is 0.200 e. The highest BCUT2D eigenvalue weighted by molar-refractivity contribution is 5.33. The molecule has 4 rings (SSSR count). The van der Waals surface area contributed by atoms with E-state index in [1.54, 1.807) is 19.1 Å². The molecule has 2 fully saturated rings. The Balaban J connectivity index is 1.16. The topological polar surface area (TPSA) is 9.23 Å². The highest BCUT2D eigenvalue weighted by atomic mass is 19.2. The van der Waals surface area contributed by atoms with Crippen LogP contribution in [-0.4, -0.2) is 6.61 Å². The van der Waals surface area contributed by atoms with E-state index in [0.29, 0.717) is 18.1 Å². The standard InChI is InChI=1S/C32H42F2O/c1-3-23-9-15-26(16-10-23)27-17-11-24(12-18-27)7-5-6-8-25-13-19-28(20-14-25)29-21-22-30(35-4-2)32(34)31(29)33/h5,7,9-10,15-16,21-22,24-25,27-28H,3-4,6,8,11-14,17-20H2,1-2H3. The van der Waals surface area contributed by atoms with Gasteiger partial charge >= 0.3 is 0 Å². The molecule has 190 valence electrons. The minimum absolute atomic E-state index is 0.0216. The van der Waals surface area contributed by atoms with Crippen LogP contribution in [0.4, 0.5) is 8.78 Å². The number of hydrogen-bond acceptors (Lipinski definition) is 1. The molecule has 0 atom stereocenters. The first-order chi connectivity index (χ1) is 17.1. The van der Waals surface area contributed by atoms with Crippen LogP contribution in [0, 0.1) is 23.5 Å². The minimum Gasteiger partial charge on any atom is -0.491 e. The summed E-state index contributed by atoms with van der Waals surface area (Å²) in [6.07, 6.45) is 17.6. The summed E-state index contributed by atoms with van der Waals surface area (Å²) >= 11 is 0. The van der Waals surface area contributed by atoms with Crippen LogP contribution in [0.3, 0.4) is 0 Å². The van der Waals surface area contributed by atoms with Gasteiger partial charge in [-0.1, -0.05) is 49.4 Å². The molecule has 0 radical (unpaired) electrons. The summed E-state index contributed by atoms with van der Waals surface area (Å²) in [4.78, 5) is 0. The molecule has 1 nitrogen and oxygen atoms in total. The lowest BCUT2D eigenvalue weighted by atomic mass is 9.76. The van der Waals surface area contributed by atoms with Crippen LogP contribution in [0.25, 0.3) is 0 Å². The second-order valence-electron chi connectivity index (χ2n) is 10.6. The van der Waals surface area contributed by atoms with Crippen LogP contribution in [-0.2, 0) is 6.42 Å². The molecule has 2 aliphatic carbocycles. The van der Waals surface area contributed by atoms with E-state index in [4.69, 9.17) is 4.74 Å². The third-order valence-corrected chi connectivity index (χ3v) is 8.44. The fourth-order valence-corrected chi connectivity index (χ4v) is 6.18. The number of halogens is 2. The molecule has 0 bridgehead atoms. The summed E-state index contributed by atoms with van der Waals surface area (Å²) in [5.41, 5.74) is 3.48. The average molecular weight is 481 g/mol. The number of aryl methyl sites for hydroxylation is 1. The van der Waals surface area contributed by atoms with Crippen LogP contribution in [0.1, 0.15) is 107 Å². The Bertz CT molecular complexity index is 948. The molecule has 0 unspecified atom stereocenters. The number of ether oxygens (including phenoxy) is 1. The van der Waals surface area contributed by atoms with Crippen molar-refractivity contribution in [3.8, 4) is 5.75 Å². The van der Waals surface area contributed by atoms with E-state index in [2.05, 4.69) is 43.3 Å². The van der Waals surface area contributed by atoms with Crippen molar-refractivity contribution in [1.82, 2.24) is 0 Å². The van der Waals surface area contributed by atoms with E-state index in [0.717, 1.165) is 50.4 Å². The molecule has 0 N–H and O–H groups in total. The van der Waals surface area contributed by atoms with Crippen molar-refractivity contribution in [2.45, 2.75) is 96.3 Å². The molecule has 2 aromatic carbocycles. The number of hydrogen-bond donors (Lipinski definition) is 0. The maximum absolute atomic E-state index is 14.6. The van der Waals surface area contributed by atoms with Gasteiger partial charge in [-0.15, -0.1) is 0 Å². The molecule has 0 heterocycles. The summed E-state index contributed by atoms with van der Waals surface area (Å²) in [5.74, 6) is 0.765. The molecule has 35 heavy (non-hydrogen) atoms. The molecule has 2 saturated carbocycles. The van der Waals surface area contributed by atoms with Gasteiger partial charge in [-0.2, -0.15) is 4.39 Å². The summed E-state index contributed by atoms with van der Waals surface area (Å²) in [6, 6.07) is 12.6. The van der Waals surface area contributed by atoms with Gasteiger partial charge in [0, 0.05) is 0 Å². The number of allylic oxidation sites excluding steroid dienone is 2. The lowest BCUT2D eigenvalue weighted by molar-refractivity contribution is 0.297. The first kappa shape index (κ1) is 25.9. The van der Waals surface area contributed by atoms with Gasteiger partial charge < -0.3 is 4.74 Å². The minimum atomic E-state index is -0.833. The Labute approximate surface area is 211 Å². The molecular formula is C32H42F2O. The van der Waals surface area contributed by atoms with Crippen molar-refractivity contribution in [2.24, 2.45) is 11.8 Å². The van der Waals surface area contributed by atoms with Gasteiger partial charge in [0.15, 0.2) is 11.6 Å². The smallest absolute Gasteiger partial charge is 0.200 e. The third kappa shape index (κ3) is 6.74. The van der Waals surface area contributed by atoms with Crippen LogP contribution in [0.2, 0.25) is 0 Å². The average Bonchev–Trinajstić information content (AvgIpc) is 2.90. The van der Waals surface area contributed by atoms with Crippen molar-refractivity contribution >= 4 is 0 Å². The molecule has 2 aliphatic rings. The first-order valence-corrected chi connectivity index (χ1v) is 13.9. The van der Waals surface area contributed by atoms with Crippen molar-refractivity contribution in [2.75, 3.05) is 6.61 Å². The van der Waals surface area contributed by atoms with Crippen LogP contribution >= 0.6 is 0 Å². The fourth-order valence-electron chi connectivity index (χ4n) is 6.18. The second kappa shape index (κ2) is 12.7. The highest BCUT2D eigenvalue weighted by Gasteiger charge is 2.26. The van der Waals surface area contributed by atoms with E-state index < -0.39 is 11.6 Å². The van der Waals surface area contributed by atoms with Gasteiger partial charge in [0.25, 0.3) is 0 Å². The number of rotatable bonds is 9. The molecule has 0 aliphatic heterocycles. The SMILES string of the molecule is CCOc1ccc(C2CCC(CCC=CC3CCC(c4ccc(CC)cc4)CC3)CC2)c(F)c1F. The number of benzene rings is 2. The van der Waals surface area contributed by atoms with Gasteiger partial charge in [-0.3, -0.25) is 0 Å². The van der Waals surface area contributed by atoms with Crippen molar-refractivity contribution in [1.29, 1.82) is 0 Å². The highest BCUT2D eigenvalue weighted by Crippen LogP contribution is 2.40.